The Morgan fingerprint density at radius 2 is 0.852 bits per heavy atom. The molecule has 0 saturated heterocycles. The van der Waals surface area contributed by atoms with Crippen molar-refractivity contribution in [2.45, 2.75) is 125 Å². The summed E-state index contributed by atoms with van der Waals surface area (Å²) in [4.78, 5) is 41.6. The molecule has 0 amide bonds. The van der Waals surface area contributed by atoms with Gasteiger partial charge in [-0.05, 0) is 43.9 Å². The van der Waals surface area contributed by atoms with Crippen molar-refractivity contribution in [1.82, 2.24) is 0 Å². The molecule has 54 heavy (non-hydrogen) atoms. The van der Waals surface area contributed by atoms with E-state index in [0.717, 1.165) is 25.7 Å². The van der Waals surface area contributed by atoms with Crippen LogP contribution in [0.15, 0.2) is 0 Å². The predicted molar refractivity (Wildman–Crippen MR) is 224 cm³/mol. The Balaban J connectivity index is -0.000000309. The van der Waals surface area contributed by atoms with Gasteiger partial charge in [-0.1, -0.05) is 48.0 Å². The first-order chi connectivity index (χ1) is 25.2. The van der Waals surface area contributed by atoms with Crippen molar-refractivity contribution in [3.05, 3.63) is 0 Å². The van der Waals surface area contributed by atoms with Gasteiger partial charge in [0.25, 0.3) is 0 Å². The van der Waals surface area contributed by atoms with Crippen LogP contribution in [0.2, 0.25) is 0 Å². The van der Waals surface area contributed by atoms with Gasteiger partial charge >= 0.3 is 23.9 Å². The molecule has 16 N–H and O–H groups in total. The molecular weight excluding hydrogens is 785 g/mol. The van der Waals surface area contributed by atoms with Crippen molar-refractivity contribution in [2.75, 3.05) is 49.4 Å². The molecule has 16 nitrogen and oxygen atoms in total. The summed E-state index contributed by atoms with van der Waals surface area (Å²) in [5, 5.41) is 70.5. The number of thioether (sulfide) groups is 4. The van der Waals surface area contributed by atoms with E-state index in [4.69, 9.17) is 63.8 Å². The zero-order valence-electron chi connectivity index (χ0n) is 32.8. The number of carboxylic acid groups (broad SMARTS) is 4. The molecule has 0 heterocycles. The van der Waals surface area contributed by atoms with Crippen molar-refractivity contribution in [1.29, 1.82) is 0 Å². The Labute approximate surface area is 339 Å². The number of hydrogen-bond donors (Lipinski definition) is 12. The van der Waals surface area contributed by atoms with Crippen LogP contribution in [0.25, 0.3) is 0 Å². The number of aliphatic hydroxyl groups excluding tert-OH is 4. The van der Waals surface area contributed by atoms with Gasteiger partial charge in [0.15, 0.2) is 0 Å². The van der Waals surface area contributed by atoms with Crippen LogP contribution in [-0.2, 0) is 19.2 Å². The maximum absolute atomic E-state index is 10.5. The van der Waals surface area contributed by atoms with Crippen LogP contribution >= 0.6 is 47.0 Å². The fraction of sp³-hybridized carbons (Fsp3) is 0.882. The molecule has 0 spiro atoms. The monoisotopic (exact) mass is 856 g/mol. The molecule has 0 aromatic carbocycles. The lowest BCUT2D eigenvalue weighted by molar-refractivity contribution is -0.138. The van der Waals surface area contributed by atoms with E-state index in [1.165, 1.54) is 35.3 Å². The minimum atomic E-state index is -0.976. The van der Waals surface area contributed by atoms with Crippen molar-refractivity contribution in [3.63, 3.8) is 0 Å². The van der Waals surface area contributed by atoms with Crippen LogP contribution in [0.4, 0.5) is 0 Å². The molecule has 0 aliphatic carbocycles. The lowest BCUT2D eigenvalue weighted by Crippen LogP contribution is -2.34. The number of carbonyl (C=O) groups is 4. The Morgan fingerprint density at radius 1 is 0.500 bits per heavy atom. The minimum Gasteiger partial charge on any atom is -0.480 e. The molecule has 324 valence electrons. The highest BCUT2D eigenvalue weighted by Gasteiger charge is 2.20. The molecule has 20 heteroatoms. The van der Waals surface area contributed by atoms with Crippen LogP contribution in [0.3, 0.4) is 0 Å². The van der Waals surface area contributed by atoms with Crippen LogP contribution in [0.5, 0.6) is 0 Å². The second kappa shape index (κ2) is 38.8. The first kappa shape index (κ1) is 59.6. The third-order valence-electron chi connectivity index (χ3n) is 7.70. The van der Waals surface area contributed by atoms with E-state index in [1.54, 1.807) is 11.8 Å². The fourth-order valence-electron chi connectivity index (χ4n) is 3.69. The molecular formula is C34H72N4O12S4. The summed E-state index contributed by atoms with van der Waals surface area (Å²) in [6, 6.07) is -3.20. The van der Waals surface area contributed by atoms with Gasteiger partial charge in [0.05, 0.1) is 0 Å². The van der Waals surface area contributed by atoms with E-state index in [2.05, 4.69) is 6.92 Å². The zero-order chi connectivity index (χ0) is 42.8. The maximum atomic E-state index is 10.5. The average Bonchev–Trinajstić information content (AvgIpc) is 3.14. The average molecular weight is 857 g/mol. The molecule has 0 aromatic heterocycles. The first-order valence-electron chi connectivity index (χ1n) is 18.1. The number of hydrogen-bond acceptors (Lipinski definition) is 16. The highest BCUT2D eigenvalue weighted by atomic mass is 32.2. The van der Waals surface area contributed by atoms with Crippen LogP contribution in [0, 0.1) is 11.8 Å². The lowest BCUT2D eigenvalue weighted by Gasteiger charge is -2.21. The number of carboxylic acids is 4. The van der Waals surface area contributed by atoms with Crippen LogP contribution in [-0.4, -0.2) is 159 Å². The second-order valence-corrected chi connectivity index (χ2v) is 17.9. The highest BCUT2D eigenvalue weighted by Crippen LogP contribution is 2.23. The summed E-state index contributed by atoms with van der Waals surface area (Å²) in [6.45, 7) is 12.5. The zero-order valence-corrected chi connectivity index (χ0v) is 36.1. The molecule has 10 unspecified atom stereocenters. The molecule has 0 aromatic rings. The van der Waals surface area contributed by atoms with E-state index in [1.807, 2.05) is 34.6 Å². The molecule has 0 rings (SSSR count). The Morgan fingerprint density at radius 3 is 1.17 bits per heavy atom. The van der Waals surface area contributed by atoms with Gasteiger partial charge in [0.2, 0.25) is 0 Å². The molecule has 0 fully saturated rings. The van der Waals surface area contributed by atoms with Gasteiger partial charge in [-0.3, -0.25) is 19.2 Å². The Hall–Kier alpha value is -1.04. The fourth-order valence-corrected chi connectivity index (χ4v) is 8.43. The van der Waals surface area contributed by atoms with Crippen molar-refractivity contribution in [3.8, 4) is 0 Å². The van der Waals surface area contributed by atoms with E-state index >= 15 is 0 Å². The lowest BCUT2D eigenvalue weighted by atomic mass is 10.1. The van der Waals surface area contributed by atoms with Gasteiger partial charge < -0.3 is 63.8 Å². The van der Waals surface area contributed by atoms with Crippen LogP contribution in [0.1, 0.15) is 80.1 Å². The summed E-state index contributed by atoms with van der Waals surface area (Å²) in [5.41, 5.74) is 21.4. The van der Waals surface area contributed by atoms with E-state index in [-0.39, 0.29) is 48.8 Å². The van der Waals surface area contributed by atoms with Crippen molar-refractivity contribution < 1.29 is 60.0 Å². The van der Waals surface area contributed by atoms with Gasteiger partial charge in [0.1, 0.15) is 24.2 Å². The van der Waals surface area contributed by atoms with E-state index < -0.39 is 48.0 Å². The summed E-state index contributed by atoms with van der Waals surface area (Å²) in [5.74, 6) is -1.90. The summed E-state index contributed by atoms with van der Waals surface area (Å²) in [6.07, 6.45) is 5.30. The van der Waals surface area contributed by atoms with Crippen LogP contribution < -0.4 is 22.9 Å². The topological polar surface area (TPSA) is 334 Å². The number of rotatable bonds is 28. The Bertz CT molecular complexity index is 923. The summed E-state index contributed by atoms with van der Waals surface area (Å²) in [7, 11) is 0. The third-order valence-corrected chi connectivity index (χ3v) is 14.1. The molecule has 0 aliphatic rings. The quantitative estimate of drug-likeness (QED) is 0.0532. The SMILES string of the molecule is CC(CO)C(C)SCC(N)C(=O)O.CCC(CCO)SCC(N)C(=O)O.CCC(SCC(N)C(=O)O)C(C)CO.CCCC(CCO)SCC(N)C(=O)O. The summed E-state index contributed by atoms with van der Waals surface area (Å²) < 4.78 is 0. The second-order valence-electron chi connectivity index (χ2n) is 12.5. The smallest absolute Gasteiger partial charge is 0.321 e. The summed E-state index contributed by atoms with van der Waals surface area (Å²) >= 11 is 6.06. The van der Waals surface area contributed by atoms with Gasteiger partial charge in [0, 0.05) is 70.4 Å². The van der Waals surface area contributed by atoms with E-state index in [0.29, 0.717) is 46.4 Å². The first-order valence-corrected chi connectivity index (χ1v) is 22.3. The molecule has 0 aliphatic heterocycles. The third kappa shape index (κ3) is 35.4. The standard InChI is InChI=1S/2C9H19NO3S.2C8H17NO3S/c1-3-8(6(2)4-11)14-5-7(10)9(12)13;1-2-3-7(4-5-11)14-6-8(10)9(12)13;1-5(3-10)6(2)13-4-7(9)8(11)12;1-2-6(3-4-10)13-5-7(9)8(11)12/h6-8,11H,3-5,10H2,1-2H3,(H,12,13);7-8,11H,2-6,10H2,1H3,(H,12,13);5-7,10H,3-4,9H2,1-2H3,(H,11,12);6-7,10H,2-5,9H2,1H3,(H,11,12). The molecule has 0 radical (unpaired) electrons. The maximum Gasteiger partial charge on any atom is 0.321 e. The minimum absolute atomic E-state index is 0.122. The normalized spacial score (nSPS) is 16.4. The number of nitrogens with two attached hydrogens (primary N) is 4. The van der Waals surface area contributed by atoms with Crippen molar-refractivity contribution >= 4 is 70.9 Å². The van der Waals surface area contributed by atoms with Gasteiger partial charge in [-0.25, -0.2) is 0 Å². The molecule has 0 saturated carbocycles. The number of aliphatic hydroxyl groups is 4. The van der Waals surface area contributed by atoms with E-state index in [9.17, 15) is 19.2 Å². The van der Waals surface area contributed by atoms with Crippen molar-refractivity contribution in [2.24, 2.45) is 34.8 Å². The van der Waals surface area contributed by atoms with Gasteiger partial charge in [-0.2, -0.15) is 47.0 Å². The number of aliphatic carboxylic acids is 4. The molecule has 10 atom stereocenters. The molecule has 0 bridgehead atoms. The highest BCUT2D eigenvalue weighted by molar-refractivity contribution is 8.00. The van der Waals surface area contributed by atoms with Gasteiger partial charge in [-0.15, -0.1) is 0 Å². The largest absolute Gasteiger partial charge is 0.480 e. The Kier molecular flexibility index (Phi) is 42.9. The predicted octanol–water partition coefficient (Wildman–Crippen LogP) is 1.66.